The van der Waals surface area contributed by atoms with E-state index in [2.05, 4.69) is 37.9 Å². The lowest BCUT2D eigenvalue weighted by Crippen LogP contribution is -2.34. The monoisotopic (exact) mass is 264 g/mol. The van der Waals surface area contributed by atoms with Gasteiger partial charge in [-0.25, -0.2) is 0 Å². The van der Waals surface area contributed by atoms with Gasteiger partial charge in [0.2, 0.25) is 0 Å². The van der Waals surface area contributed by atoms with Gasteiger partial charge in [-0.3, -0.25) is 0 Å². The molecule has 18 heavy (non-hydrogen) atoms. The number of hydrogen-bond acceptors (Lipinski definition) is 2. The summed E-state index contributed by atoms with van der Waals surface area (Å²) in [5, 5.41) is 0. The van der Waals surface area contributed by atoms with Gasteiger partial charge in [0.15, 0.2) is 0 Å². The predicted octanol–water partition coefficient (Wildman–Crippen LogP) is 3.03. The molecule has 0 aliphatic rings. The Morgan fingerprint density at radius 3 is 2.39 bits per heavy atom. The molecule has 3 heteroatoms. The first kappa shape index (κ1) is 15.1. The highest BCUT2D eigenvalue weighted by Gasteiger charge is 2.17. The molecule has 2 nitrogen and oxygen atoms in total. The zero-order valence-electron chi connectivity index (χ0n) is 11.6. The van der Waals surface area contributed by atoms with Crippen molar-refractivity contribution < 1.29 is 0 Å². The van der Waals surface area contributed by atoms with E-state index in [9.17, 15) is 0 Å². The summed E-state index contributed by atoms with van der Waals surface area (Å²) in [5.41, 5.74) is 7.09. The van der Waals surface area contributed by atoms with Gasteiger partial charge in [-0.15, -0.1) is 0 Å². The summed E-state index contributed by atoms with van der Waals surface area (Å²) in [5.74, 6) is 0.855. The molecule has 0 saturated heterocycles. The van der Waals surface area contributed by atoms with Gasteiger partial charge < -0.3 is 10.6 Å². The van der Waals surface area contributed by atoms with E-state index >= 15 is 0 Å². The van der Waals surface area contributed by atoms with Gasteiger partial charge in [-0.2, -0.15) is 0 Å². The van der Waals surface area contributed by atoms with Gasteiger partial charge in [0.05, 0.1) is 4.99 Å². The van der Waals surface area contributed by atoms with Gasteiger partial charge in [0, 0.05) is 19.0 Å². The maximum atomic E-state index is 5.89. The molecule has 0 heterocycles. The molecule has 0 amide bonds. The Labute approximate surface area is 116 Å². The lowest BCUT2D eigenvalue weighted by molar-refractivity contribution is 0.280. The van der Waals surface area contributed by atoms with Crippen LogP contribution in [0.15, 0.2) is 30.3 Å². The lowest BCUT2D eigenvalue weighted by Gasteiger charge is -2.25. The zero-order chi connectivity index (χ0) is 13.5. The minimum atomic E-state index is 0.148. The second kappa shape index (κ2) is 7.49. The van der Waals surface area contributed by atoms with Crippen molar-refractivity contribution in [1.29, 1.82) is 0 Å². The summed E-state index contributed by atoms with van der Waals surface area (Å²) in [4.78, 5) is 2.91. The first-order valence-electron chi connectivity index (χ1n) is 6.57. The molecule has 2 N–H and O–H groups in total. The highest BCUT2D eigenvalue weighted by atomic mass is 32.1. The number of rotatable bonds is 7. The Kier molecular flexibility index (Phi) is 6.30. The molecule has 0 aliphatic carbocycles. The number of thiocarbonyl (C=S) groups is 1. The van der Waals surface area contributed by atoms with Crippen LogP contribution in [0.2, 0.25) is 0 Å². The van der Waals surface area contributed by atoms with Gasteiger partial charge in [0.1, 0.15) is 0 Å². The van der Waals surface area contributed by atoms with Crippen LogP contribution < -0.4 is 5.73 Å². The smallest absolute Gasteiger partial charge is 0.0816 e. The van der Waals surface area contributed by atoms with Crippen molar-refractivity contribution in [3.05, 3.63) is 35.9 Å². The molecular weight excluding hydrogens is 240 g/mol. The number of nitrogens with two attached hydrogens (primary N) is 1. The third-order valence-electron chi connectivity index (χ3n) is 3.36. The average molecular weight is 264 g/mol. The summed E-state index contributed by atoms with van der Waals surface area (Å²) >= 11 is 5.21. The molecular formula is C15H24N2S. The number of benzene rings is 1. The fourth-order valence-corrected chi connectivity index (χ4v) is 2.30. The van der Waals surface area contributed by atoms with E-state index in [1.807, 2.05) is 18.2 Å². The Hall–Kier alpha value is -0.930. The Bertz CT molecular complexity index is 364. The Morgan fingerprint density at radius 1 is 1.28 bits per heavy atom. The van der Waals surface area contributed by atoms with E-state index in [1.165, 1.54) is 12.0 Å². The molecule has 1 aromatic carbocycles. The third kappa shape index (κ3) is 4.75. The van der Waals surface area contributed by atoms with E-state index in [0.29, 0.717) is 10.9 Å². The topological polar surface area (TPSA) is 29.3 Å². The van der Waals surface area contributed by atoms with Crippen molar-refractivity contribution in [2.45, 2.75) is 26.2 Å². The molecule has 100 valence electrons. The average Bonchev–Trinajstić information content (AvgIpc) is 2.36. The zero-order valence-corrected chi connectivity index (χ0v) is 12.4. The van der Waals surface area contributed by atoms with E-state index in [0.717, 1.165) is 13.1 Å². The highest BCUT2D eigenvalue weighted by molar-refractivity contribution is 7.80. The summed E-state index contributed by atoms with van der Waals surface area (Å²) in [6.45, 7) is 6.47. The molecule has 0 aliphatic heterocycles. The standard InChI is InChI=1S/C15H24N2S/c1-4-12(2)10-17(3)11-14(15(16)18)13-8-6-5-7-9-13/h5-9,12,14H,4,10-11H2,1-3H3,(H2,16,18). The largest absolute Gasteiger partial charge is 0.393 e. The number of nitrogens with zero attached hydrogens (tertiary/aromatic N) is 1. The lowest BCUT2D eigenvalue weighted by atomic mass is 9.98. The first-order chi connectivity index (χ1) is 8.54. The van der Waals surface area contributed by atoms with Crippen LogP contribution in [0.1, 0.15) is 31.7 Å². The van der Waals surface area contributed by atoms with Crippen molar-refractivity contribution in [1.82, 2.24) is 4.90 Å². The predicted molar refractivity (Wildman–Crippen MR) is 82.9 cm³/mol. The molecule has 0 radical (unpaired) electrons. The van der Waals surface area contributed by atoms with E-state index in [-0.39, 0.29) is 5.92 Å². The quantitative estimate of drug-likeness (QED) is 0.768. The molecule has 2 atom stereocenters. The van der Waals surface area contributed by atoms with Crippen molar-refractivity contribution in [3.8, 4) is 0 Å². The minimum absolute atomic E-state index is 0.148. The van der Waals surface area contributed by atoms with E-state index < -0.39 is 0 Å². The SMILES string of the molecule is CCC(C)CN(C)CC(C(N)=S)c1ccccc1. The summed E-state index contributed by atoms with van der Waals surface area (Å²) in [7, 11) is 2.14. The summed E-state index contributed by atoms with van der Waals surface area (Å²) in [6, 6.07) is 10.3. The minimum Gasteiger partial charge on any atom is -0.393 e. The maximum absolute atomic E-state index is 5.89. The van der Waals surface area contributed by atoms with Crippen LogP contribution in [0.4, 0.5) is 0 Å². The van der Waals surface area contributed by atoms with Crippen LogP contribution in [0, 0.1) is 5.92 Å². The van der Waals surface area contributed by atoms with E-state index in [1.54, 1.807) is 0 Å². The van der Waals surface area contributed by atoms with Gasteiger partial charge in [-0.1, -0.05) is 62.8 Å². The van der Waals surface area contributed by atoms with Crippen molar-refractivity contribution >= 4 is 17.2 Å². The Morgan fingerprint density at radius 2 is 1.89 bits per heavy atom. The van der Waals surface area contributed by atoms with Crippen molar-refractivity contribution in [2.24, 2.45) is 11.7 Å². The van der Waals surface area contributed by atoms with Gasteiger partial charge in [-0.05, 0) is 18.5 Å². The normalized spacial score (nSPS) is 14.4. The molecule has 1 rings (SSSR count). The van der Waals surface area contributed by atoms with Gasteiger partial charge >= 0.3 is 0 Å². The fraction of sp³-hybridized carbons (Fsp3) is 0.533. The molecule has 2 unspecified atom stereocenters. The molecule has 0 spiro atoms. The maximum Gasteiger partial charge on any atom is 0.0816 e. The molecule has 1 aromatic rings. The van der Waals surface area contributed by atoms with Crippen LogP contribution in [-0.2, 0) is 0 Å². The first-order valence-corrected chi connectivity index (χ1v) is 6.98. The molecule has 0 aromatic heterocycles. The summed E-state index contributed by atoms with van der Waals surface area (Å²) < 4.78 is 0. The van der Waals surface area contributed by atoms with Crippen LogP contribution in [0.5, 0.6) is 0 Å². The van der Waals surface area contributed by atoms with E-state index in [4.69, 9.17) is 18.0 Å². The van der Waals surface area contributed by atoms with Crippen molar-refractivity contribution in [2.75, 3.05) is 20.1 Å². The third-order valence-corrected chi connectivity index (χ3v) is 3.64. The van der Waals surface area contributed by atoms with Gasteiger partial charge in [0.25, 0.3) is 0 Å². The van der Waals surface area contributed by atoms with Crippen LogP contribution >= 0.6 is 12.2 Å². The summed E-state index contributed by atoms with van der Waals surface area (Å²) in [6.07, 6.45) is 1.20. The van der Waals surface area contributed by atoms with Crippen LogP contribution in [0.3, 0.4) is 0 Å². The highest BCUT2D eigenvalue weighted by Crippen LogP contribution is 2.17. The second-order valence-electron chi connectivity index (χ2n) is 5.10. The van der Waals surface area contributed by atoms with Crippen molar-refractivity contribution in [3.63, 3.8) is 0 Å². The fourth-order valence-electron chi connectivity index (χ4n) is 2.09. The number of hydrogen-bond donors (Lipinski definition) is 1. The number of likely N-dealkylation sites (N-methyl/N-ethyl adjacent to an activating group) is 1. The van der Waals surface area contributed by atoms with Crippen LogP contribution in [0.25, 0.3) is 0 Å². The molecule has 0 bridgehead atoms. The molecule has 0 saturated carbocycles. The second-order valence-corrected chi connectivity index (χ2v) is 5.57. The molecule has 0 fully saturated rings. The van der Waals surface area contributed by atoms with Crippen LogP contribution in [-0.4, -0.2) is 30.0 Å². The Balaban J connectivity index is 2.67.